The van der Waals surface area contributed by atoms with Gasteiger partial charge in [-0.1, -0.05) is 72.8 Å². The van der Waals surface area contributed by atoms with Crippen LogP contribution in [0.3, 0.4) is 0 Å². The van der Waals surface area contributed by atoms with Crippen molar-refractivity contribution in [2.45, 2.75) is 0 Å². The fourth-order valence-electron chi connectivity index (χ4n) is 4.75. The van der Waals surface area contributed by atoms with Gasteiger partial charge in [0.25, 0.3) is 11.4 Å². The van der Waals surface area contributed by atoms with Gasteiger partial charge in [0.2, 0.25) is 0 Å². The van der Waals surface area contributed by atoms with Crippen LogP contribution in [0.1, 0.15) is 0 Å². The van der Waals surface area contributed by atoms with Crippen LogP contribution >= 0.6 is 0 Å². The zero-order valence-electron chi connectivity index (χ0n) is 19.9. The lowest BCUT2D eigenvalue weighted by molar-refractivity contribution is -0.384. The molecule has 0 saturated heterocycles. The van der Waals surface area contributed by atoms with Gasteiger partial charge in [-0.15, -0.1) is 0 Å². The lowest BCUT2D eigenvalue weighted by Crippen LogP contribution is -1.93. The first-order valence-electron chi connectivity index (χ1n) is 11.9. The fourth-order valence-corrected chi connectivity index (χ4v) is 4.75. The third kappa shape index (κ3) is 4.10. The molecule has 0 aliphatic rings. The fraction of sp³-hybridized carbons (Fsp3) is 0. The maximum atomic E-state index is 11.8. The number of nitro groups is 2. The van der Waals surface area contributed by atoms with Crippen molar-refractivity contribution in [1.29, 1.82) is 0 Å². The average Bonchev–Trinajstić information content (AvgIpc) is 3.53. The minimum Gasteiger partial charge on any atom is -0.353 e. The van der Waals surface area contributed by atoms with Crippen molar-refractivity contribution < 1.29 is 9.85 Å². The van der Waals surface area contributed by atoms with Crippen LogP contribution in [-0.4, -0.2) is 19.8 Å². The topological polar surface area (TPSA) is 118 Å². The quantitative estimate of drug-likeness (QED) is 0.178. The summed E-state index contributed by atoms with van der Waals surface area (Å²) in [5.41, 5.74) is 7.13. The molecule has 4 aromatic carbocycles. The maximum absolute atomic E-state index is 11.8. The number of hydrogen-bond acceptors (Lipinski definition) is 4. The highest BCUT2D eigenvalue weighted by molar-refractivity contribution is 5.90. The minimum absolute atomic E-state index is 0.0264. The van der Waals surface area contributed by atoms with Crippen molar-refractivity contribution in [2.75, 3.05) is 0 Å². The molecule has 184 valence electrons. The summed E-state index contributed by atoms with van der Waals surface area (Å²) >= 11 is 0. The zero-order chi connectivity index (χ0) is 26.2. The molecule has 0 radical (unpaired) electrons. The van der Waals surface area contributed by atoms with Crippen molar-refractivity contribution in [2.24, 2.45) is 0 Å². The number of nitrogens with zero attached hydrogens (tertiary/aromatic N) is 2. The number of benzene rings is 4. The van der Waals surface area contributed by atoms with E-state index < -0.39 is 0 Å². The predicted octanol–water partition coefficient (Wildman–Crippen LogP) is 7.98. The lowest BCUT2D eigenvalue weighted by atomic mass is 10.0. The molecular weight excluding hydrogens is 480 g/mol. The van der Waals surface area contributed by atoms with E-state index in [1.807, 2.05) is 84.9 Å². The number of aromatic nitrogens is 2. The van der Waals surface area contributed by atoms with Crippen LogP contribution in [0.5, 0.6) is 0 Å². The molecule has 0 aliphatic heterocycles. The highest BCUT2D eigenvalue weighted by atomic mass is 16.6. The monoisotopic (exact) mass is 500 g/mol. The molecule has 6 aromatic rings. The second-order valence-electron chi connectivity index (χ2n) is 8.90. The van der Waals surface area contributed by atoms with Gasteiger partial charge in [-0.25, -0.2) is 0 Å². The molecule has 8 nitrogen and oxygen atoms in total. The smallest absolute Gasteiger partial charge is 0.277 e. The first-order valence-corrected chi connectivity index (χ1v) is 11.9. The number of hydrogen-bond donors (Lipinski definition) is 2. The van der Waals surface area contributed by atoms with Crippen molar-refractivity contribution >= 4 is 22.4 Å². The summed E-state index contributed by atoms with van der Waals surface area (Å²) in [4.78, 5) is 29.6. The molecule has 0 fully saturated rings. The first kappa shape index (κ1) is 22.9. The Bertz CT molecular complexity index is 1660. The highest BCUT2D eigenvalue weighted by Gasteiger charge is 2.20. The van der Waals surface area contributed by atoms with Crippen molar-refractivity contribution in [1.82, 2.24) is 9.97 Å². The van der Waals surface area contributed by atoms with Gasteiger partial charge in [0.15, 0.2) is 0 Å². The van der Waals surface area contributed by atoms with E-state index >= 15 is 0 Å². The van der Waals surface area contributed by atoms with Crippen LogP contribution < -0.4 is 0 Å². The van der Waals surface area contributed by atoms with Crippen LogP contribution in [0.4, 0.5) is 11.4 Å². The number of H-pyrrole nitrogens is 2. The number of nitro benzene ring substituents is 2. The minimum atomic E-state index is -0.370. The van der Waals surface area contributed by atoms with Crippen LogP contribution in [0.15, 0.2) is 109 Å². The molecule has 6 rings (SSSR count). The molecule has 8 heteroatoms. The average molecular weight is 501 g/mol. The van der Waals surface area contributed by atoms with Crippen LogP contribution in [0, 0.1) is 20.2 Å². The molecule has 2 heterocycles. The standard InChI is InChI=1S/C30H20N4O4/c35-33(36)29-15-21(11-13-23(29)19-7-3-1-4-8-19)25-17-27-28(31-25)18-26(32-27)22-12-14-24(30(16-22)34(37)38)20-9-5-2-6-10-20/h1-18,31-32H. The Labute approximate surface area is 216 Å². The summed E-state index contributed by atoms with van der Waals surface area (Å²) in [6.45, 7) is 0. The molecule has 0 unspecified atom stereocenters. The van der Waals surface area contributed by atoms with Gasteiger partial charge in [-0.3, -0.25) is 20.2 Å². The van der Waals surface area contributed by atoms with Gasteiger partial charge in [0, 0.05) is 34.6 Å². The molecule has 0 bridgehead atoms. The van der Waals surface area contributed by atoms with Crippen LogP contribution in [-0.2, 0) is 0 Å². The van der Waals surface area contributed by atoms with Crippen LogP contribution in [0.25, 0.3) is 55.8 Å². The van der Waals surface area contributed by atoms with E-state index in [1.165, 1.54) is 0 Å². The number of rotatable bonds is 6. The Morgan fingerprint density at radius 1 is 0.474 bits per heavy atom. The Morgan fingerprint density at radius 2 is 0.868 bits per heavy atom. The number of aromatic amines is 2. The SMILES string of the molecule is O=[N+]([O-])c1cc(-c2cc3[nH]c(-c4ccc(-c5ccccc5)c([N+](=O)[O-])c4)cc3[nH]2)ccc1-c1ccccc1. The van der Waals surface area contributed by atoms with Crippen LogP contribution in [0.2, 0.25) is 0 Å². The van der Waals surface area contributed by atoms with E-state index in [2.05, 4.69) is 9.97 Å². The summed E-state index contributed by atoms with van der Waals surface area (Å²) in [6.07, 6.45) is 0. The number of fused-ring (bicyclic) bond motifs is 1. The zero-order valence-corrected chi connectivity index (χ0v) is 19.9. The number of nitrogens with one attached hydrogen (secondary N) is 2. The van der Waals surface area contributed by atoms with E-state index in [0.717, 1.165) is 33.5 Å². The highest BCUT2D eigenvalue weighted by Crippen LogP contribution is 2.37. The predicted molar refractivity (Wildman–Crippen MR) is 148 cm³/mol. The van der Waals surface area contributed by atoms with E-state index in [1.54, 1.807) is 24.3 Å². The summed E-state index contributed by atoms with van der Waals surface area (Å²) in [5.74, 6) is 0. The summed E-state index contributed by atoms with van der Waals surface area (Å²) in [5, 5.41) is 23.7. The first-order chi connectivity index (χ1) is 18.5. The van der Waals surface area contributed by atoms with Gasteiger partial charge < -0.3 is 9.97 Å². The summed E-state index contributed by atoms with van der Waals surface area (Å²) in [7, 11) is 0. The van der Waals surface area contributed by atoms with Crippen molar-refractivity contribution in [3.05, 3.63) is 129 Å². The summed E-state index contributed by atoms with van der Waals surface area (Å²) in [6, 6.07) is 32.6. The third-order valence-corrected chi connectivity index (χ3v) is 6.59. The molecule has 0 spiro atoms. The second kappa shape index (κ2) is 9.18. The summed E-state index contributed by atoms with van der Waals surface area (Å²) < 4.78 is 0. The van der Waals surface area contributed by atoms with E-state index in [-0.39, 0.29) is 21.2 Å². The van der Waals surface area contributed by atoms with Gasteiger partial charge in [0.1, 0.15) is 0 Å². The maximum Gasteiger partial charge on any atom is 0.277 e. The Balaban J connectivity index is 1.35. The Hall–Kier alpha value is -5.50. The molecule has 0 amide bonds. The molecule has 0 atom stereocenters. The lowest BCUT2D eigenvalue weighted by Gasteiger charge is -2.06. The molecule has 0 saturated carbocycles. The van der Waals surface area contributed by atoms with E-state index in [9.17, 15) is 20.2 Å². The molecule has 2 aromatic heterocycles. The molecule has 2 N–H and O–H groups in total. The Morgan fingerprint density at radius 3 is 1.24 bits per heavy atom. The van der Waals surface area contributed by atoms with Gasteiger partial charge >= 0.3 is 0 Å². The van der Waals surface area contributed by atoms with Crippen molar-refractivity contribution in [3.8, 4) is 44.8 Å². The molecule has 0 aliphatic carbocycles. The second-order valence-corrected chi connectivity index (χ2v) is 8.90. The third-order valence-electron chi connectivity index (χ3n) is 6.59. The Kier molecular flexibility index (Phi) is 5.54. The molecular formula is C30H20N4O4. The van der Waals surface area contributed by atoms with Gasteiger partial charge in [-0.2, -0.15) is 0 Å². The normalized spacial score (nSPS) is 11.1. The van der Waals surface area contributed by atoms with Gasteiger partial charge in [-0.05, 0) is 35.4 Å². The molecule has 38 heavy (non-hydrogen) atoms. The van der Waals surface area contributed by atoms with Crippen molar-refractivity contribution in [3.63, 3.8) is 0 Å². The van der Waals surface area contributed by atoms with Gasteiger partial charge in [0.05, 0.1) is 32.0 Å². The largest absolute Gasteiger partial charge is 0.353 e. The van der Waals surface area contributed by atoms with E-state index in [0.29, 0.717) is 22.3 Å². The van der Waals surface area contributed by atoms with E-state index in [4.69, 9.17) is 0 Å².